The van der Waals surface area contributed by atoms with Gasteiger partial charge in [0.25, 0.3) is 0 Å². The lowest BCUT2D eigenvalue weighted by molar-refractivity contribution is -0.137. The Bertz CT molecular complexity index is 342. The first-order chi connectivity index (χ1) is 6.86. The third-order valence-corrected chi connectivity index (χ3v) is 2.98. The summed E-state index contributed by atoms with van der Waals surface area (Å²) in [7, 11) is 0. The highest BCUT2D eigenvalue weighted by atomic mass is 32.2. The molecule has 0 bridgehead atoms. The van der Waals surface area contributed by atoms with Crippen LogP contribution in [-0.4, -0.2) is 6.26 Å². The number of benzene rings is 1. The summed E-state index contributed by atoms with van der Waals surface area (Å²) in [6, 6.07) is 3.94. The maximum absolute atomic E-state index is 12.4. The van der Waals surface area contributed by atoms with Gasteiger partial charge < -0.3 is 0 Å². The predicted molar refractivity (Wildman–Crippen MR) is 57.3 cm³/mol. The van der Waals surface area contributed by atoms with Gasteiger partial charge in [0, 0.05) is 4.90 Å². The van der Waals surface area contributed by atoms with Gasteiger partial charge >= 0.3 is 6.18 Å². The molecular formula is C11H13F3S. The zero-order chi connectivity index (χ0) is 11.6. The molecule has 0 saturated carbocycles. The molecule has 0 N–H and O–H groups in total. The van der Waals surface area contributed by atoms with Gasteiger partial charge in [-0.3, -0.25) is 0 Å². The number of hydrogen-bond acceptors (Lipinski definition) is 1. The number of hydrogen-bond donors (Lipinski definition) is 0. The normalized spacial score (nSPS) is 12.2. The second-order valence-electron chi connectivity index (χ2n) is 3.61. The van der Waals surface area contributed by atoms with Crippen molar-refractivity contribution < 1.29 is 13.2 Å². The van der Waals surface area contributed by atoms with Crippen molar-refractivity contribution in [2.24, 2.45) is 0 Å². The van der Waals surface area contributed by atoms with Crippen LogP contribution >= 0.6 is 11.8 Å². The quantitative estimate of drug-likeness (QED) is 0.676. The topological polar surface area (TPSA) is 0 Å². The van der Waals surface area contributed by atoms with Crippen molar-refractivity contribution in [3.63, 3.8) is 0 Å². The molecule has 0 amide bonds. The minimum atomic E-state index is -4.25. The van der Waals surface area contributed by atoms with E-state index in [1.54, 1.807) is 12.3 Å². The average Bonchev–Trinajstić information content (AvgIpc) is 2.15. The van der Waals surface area contributed by atoms with Gasteiger partial charge in [-0.15, -0.1) is 11.8 Å². The Morgan fingerprint density at radius 1 is 1.20 bits per heavy atom. The van der Waals surface area contributed by atoms with Crippen LogP contribution in [0.25, 0.3) is 0 Å². The standard InChI is InChI=1S/C11H13F3S/c1-7(2)9-5-4-8(11(12,13)14)6-10(9)15-3/h4-7H,1-3H3. The van der Waals surface area contributed by atoms with Crippen molar-refractivity contribution in [2.75, 3.05) is 6.26 Å². The molecule has 0 fully saturated rings. The van der Waals surface area contributed by atoms with Crippen LogP contribution in [0.5, 0.6) is 0 Å². The summed E-state index contributed by atoms with van der Waals surface area (Å²) in [5, 5.41) is 0. The monoisotopic (exact) mass is 234 g/mol. The Morgan fingerprint density at radius 2 is 1.80 bits per heavy atom. The third-order valence-electron chi connectivity index (χ3n) is 2.18. The van der Waals surface area contributed by atoms with Gasteiger partial charge in [-0.05, 0) is 29.9 Å². The zero-order valence-corrected chi connectivity index (χ0v) is 9.67. The molecule has 0 saturated heterocycles. The number of halogens is 3. The highest BCUT2D eigenvalue weighted by Gasteiger charge is 2.31. The first-order valence-electron chi connectivity index (χ1n) is 4.61. The second-order valence-corrected chi connectivity index (χ2v) is 4.46. The molecule has 84 valence electrons. The molecule has 4 heteroatoms. The van der Waals surface area contributed by atoms with Gasteiger partial charge in [0.15, 0.2) is 0 Å². The van der Waals surface area contributed by atoms with E-state index in [1.807, 2.05) is 13.8 Å². The van der Waals surface area contributed by atoms with Crippen LogP contribution in [0.3, 0.4) is 0 Å². The molecule has 0 aliphatic carbocycles. The molecule has 0 aromatic heterocycles. The number of rotatable bonds is 2. The minimum Gasteiger partial charge on any atom is -0.166 e. The second kappa shape index (κ2) is 4.47. The molecule has 0 radical (unpaired) electrons. The maximum Gasteiger partial charge on any atom is 0.416 e. The average molecular weight is 234 g/mol. The Balaban J connectivity index is 3.19. The van der Waals surface area contributed by atoms with Crippen molar-refractivity contribution in [3.05, 3.63) is 29.3 Å². The first kappa shape index (κ1) is 12.4. The molecule has 15 heavy (non-hydrogen) atoms. The SMILES string of the molecule is CSc1cc(C(F)(F)F)ccc1C(C)C. The summed E-state index contributed by atoms with van der Waals surface area (Å²) in [5.74, 6) is 0.245. The van der Waals surface area contributed by atoms with E-state index >= 15 is 0 Å². The predicted octanol–water partition coefficient (Wildman–Crippen LogP) is 4.55. The van der Waals surface area contributed by atoms with Crippen LogP contribution < -0.4 is 0 Å². The first-order valence-corrected chi connectivity index (χ1v) is 5.84. The molecule has 1 aromatic carbocycles. The highest BCUT2D eigenvalue weighted by molar-refractivity contribution is 7.98. The van der Waals surface area contributed by atoms with Gasteiger partial charge in [-0.1, -0.05) is 19.9 Å². The van der Waals surface area contributed by atoms with Gasteiger partial charge in [0.1, 0.15) is 0 Å². The molecular weight excluding hydrogens is 221 g/mol. The van der Waals surface area contributed by atoms with E-state index in [9.17, 15) is 13.2 Å². The molecule has 0 unspecified atom stereocenters. The van der Waals surface area contributed by atoms with Crippen molar-refractivity contribution in [3.8, 4) is 0 Å². The Labute approximate surface area is 91.9 Å². The summed E-state index contributed by atoms with van der Waals surface area (Å²) in [6.07, 6.45) is -2.46. The molecule has 0 heterocycles. The van der Waals surface area contributed by atoms with E-state index in [2.05, 4.69) is 0 Å². The highest BCUT2D eigenvalue weighted by Crippen LogP contribution is 2.35. The van der Waals surface area contributed by atoms with Crippen molar-refractivity contribution in [1.82, 2.24) is 0 Å². The van der Waals surface area contributed by atoms with E-state index in [4.69, 9.17) is 0 Å². The zero-order valence-electron chi connectivity index (χ0n) is 8.85. The van der Waals surface area contributed by atoms with Crippen LogP contribution in [0.4, 0.5) is 13.2 Å². The summed E-state index contributed by atoms with van der Waals surface area (Å²) in [4.78, 5) is 0.708. The van der Waals surface area contributed by atoms with Crippen LogP contribution in [-0.2, 0) is 6.18 Å². The lowest BCUT2D eigenvalue weighted by Crippen LogP contribution is -2.05. The van der Waals surface area contributed by atoms with E-state index < -0.39 is 11.7 Å². The lowest BCUT2D eigenvalue weighted by Gasteiger charge is -2.14. The molecule has 0 nitrogen and oxygen atoms in total. The van der Waals surface area contributed by atoms with E-state index in [-0.39, 0.29) is 5.92 Å². The Hall–Kier alpha value is -0.640. The van der Waals surface area contributed by atoms with Crippen LogP contribution in [0, 0.1) is 0 Å². The molecule has 0 aliphatic rings. The smallest absolute Gasteiger partial charge is 0.166 e. The largest absolute Gasteiger partial charge is 0.416 e. The Morgan fingerprint density at radius 3 is 2.20 bits per heavy atom. The van der Waals surface area contributed by atoms with Crippen LogP contribution in [0.2, 0.25) is 0 Å². The maximum atomic E-state index is 12.4. The van der Waals surface area contributed by atoms with Crippen molar-refractivity contribution in [1.29, 1.82) is 0 Å². The minimum absolute atomic E-state index is 0.245. The summed E-state index contributed by atoms with van der Waals surface area (Å²) in [6.45, 7) is 3.95. The van der Waals surface area contributed by atoms with Gasteiger partial charge in [0.2, 0.25) is 0 Å². The molecule has 0 aliphatic heterocycles. The summed E-state index contributed by atoms with van der Waals surface area (Å²) in [5.41, 5.74) is 0.395. The van der Waals surface area contributed by atoms with Gasteiger partial charge in [0.05, 0.1) is 5.56 Å². The summed E-state index contributed by atoms with van der Waals surface area (Å²) < 4.78 is 37.3. The van der Waals surface area contributed by atoms with Gasteiger partial charge in [-0.2, -0.15) is 13.2 Å². The third kappa shape index (κ3) is 2.91. The fourth-order valence-electron chi connectivity index (χ4n) is 1.36. The molecule has 1 aromatic rings. The van der Waals surface area contributed by atoms with Crippen molar-refractivity contribution in [2.45, 2.75) is 30.8 Å². The molecule has 0 atom stereocenters. The summed E-state index contributed by atoms with van der Waals surface area (Å²) >= 11 is 1.35. The molecule has 1 rings (SSSR count). The van der Waals surface area contributed by atoms with Crippen LogP contribution in [0.15, 0.2) is 23.1 Å². The van der Waals surface area contributed by atoms with Crippen molar-refractivity contribution >= 4 is 11.8 Å². The lowest BCUT2D eigenvalue weighted by atomic mass is 10.0. The van der Waals surface area contributed by atoms with E-state index in [0.29, 0.717) is 4.90 Å². The number of alkyl halides is 3. The molecule has 0 spiro atoms. The van der Waals surface area contributed by atoms with E-state index in [1.165, 1.54) is 17.8 Å². The van der Waals surface area contributed by atoms with Gasteiger partial charge in [-0.25, -0.2) is 0 Å². The van der Waals surface area contributed by atoms with Crippen LogP contribution in [0.1, 0.15) is 30.9 Å². The fourth-order valence-corrected chi connectivity index (χ4v) is 2.15. The Kier molecular flexibility index (Phi) is 3.71. The fraction of sp³-hybridized carbons (Fsp3) is 0.455. The van der Waals surface area contributed by atoms with E-state index in [0.717, 1.165) is 11.6 Å². The number of thioether (sulfide) groups is 1.